The van der Waals surface area contributed by atoms with Gasteiger partial charge in [-0.2, -0.15) is 0 Å². The van der Waals surface area contributed by atoms with E-state index in [2.05, 4.69) is 15.1 Å². The van der Waals surface area contributed by atoms with Crippen LogP contribution >= 0.6 is 0 Å². The van der Waals surface area contributed by atoms with E-state index >= 15 is 0 Å². The molecule has 1 heterocycles. The number of aryl methyl sites for hydroxylation is 2. The van der Waals surface area contributed by atoms with Crippen LogP contribution < -0.4 is 16.8 Å². The molecule has 0 aliphatic carbocycles. The molecule has 2 aromatic rings. The summed E-state index contributed by atoms with van der Waals surface area (Å²) >= 11 is 0. The molecule has 1 aliphatic rings. The predicted molar refractivity (Wildman–Crippen MR) is 168 cm³/mol. The first-order valence-corrected chi connectivity index (χ1v) is 15.2. The number of nitrogens with one attached hydrogen (secondary N) is 1. The van der Waals surface area contributed by atoms with Crippen molar-refractivity contribution in [1.82, 2.24) is 15.1 Å². The Morgan fingerprint density at radius 3 is 1.49 bits per heavy atom. The van der Waals surface area contributed by atoms with Crippen LogP contribution in [-0.4, -0.2) is 118 Å². The third kappa shape index (κ3) is 7.93. The number of rotatable bonds is 12. The Morgan fingerprint density at radius 2 is 1.09 bits per heavy atom. The van der Waals surface area contributed by atoms with Gasteiger partial charge in [-0.3, -0.25) is 19.4 Å². The smallest absolute Gasteiger partial charge is 0.232 e. The van der Waals surface area contributed by atoms with Crippen molar-refractivity contribution < 1.29 is 40.2 Å². The summed E-state index contributed by atoms with van der Waals surface area (Å²) in [4.78, 5) is 28.9. The number of hydrogen-bond acceptors (Lipinski definition) is 11. The van der Waals surface area contributed by atoms with Crippen molar-refractivity contribution in [2.45, 2.75) is 50.6 Å². The molecule has 45 heavy (non-hydrogen) atoms. The van der Waals surface area contributed by atoms with Crippen LogP contribution in [0, 0.1) is 13.8 Å². The van der Waals surface area contributed by atoms with Gasteiger partial charge in [0.1, 0.15) is 22.3 Å². The van der Waals surface area contributed by atoms with E-state index < -0.39 is 49.1 Å². The van der Waals surface area contributed by atoms with Crippen LogP contribution in [0.4, 0.5) is 0 Å². The number of phenolic OH excluding ortho intramolecular Hbond substituents is 2. The molecule has 2 aromatic carbocycles. The maximum Gasteiger partial charge on any atom is 0.232 e. The number of hydrogen-bond donors (Lipinski definition) is 9. The largest absolute Gasteiger partial charge is 0.507 e. The Kier molecular flexibility index (Phi) is 12.7. The van der Waals surface area contributed by atoms with Gasteiger partial charge in [0.15, 0.2) is 0 Å². The van der Waals surface area contributed by atoms with Crippen LogP contribution in [0.15, 0.2) is 24.3 Å². The number of aromatic hydroxyl groups is 2. The molecule has 0 spiro atoms. The Morgan fingerprint density at radius 1 is 0.689 bits per heavy atom. The van der Waals surface area contributed by atoms with Gasteiger partial charge >= 0.3 is 0 Å². The number of carbonyl (C=O) groups excluding carboxylic acids is 2. The number of carbonyl (C=O) groups is 2. The molecule has 0 saturated carbocycles. The van der Waals surface area contributed by atoms with Crippen molar-refractivity contribution >= 4 is 11.8 Å². The Bertz CT molecular complexity index is 1230. The number of aliphatic hydroxyl groups is 4. The molecule has 250 valence electrons. The fourth-order valence-corrected chi connectivity index (χ4v) is 6.03. The van der Waals surface area contributed by atoms with Gasteiger partial charge in [0.05, 0.1) is 26.4 Å². The van der Waals surface area contributed by atoms with Gasteiger partial charge in [-0.15, -0.1) is 0 Å². The fraction of sp³-hybridized carbons (Fsp3) is 0.562. The van der Waals surface area contributed by atoms with Gasteiger partial charge in [-0.1, -0.05) is 35.4 Å². The summed E-state index contributed by atoms with van der Waals surface area (Å²) < 4.78 is 0. The van der Waals surface area contributed by atoms with Gasteiger partial charge in [0.2, 0.25) is 11.8 Å². The number of amides is 2. The minimum absolute atomic E-state index is 0.0947. The number of aliphatic hydroxyl groups excluding tert-OH is 4. The van der Waals surface area contributed by atoms with E-state index in [1.165, 1.54) is 0 Å². The van der Waals surface area contributed by atoms with Gasteiger partial charge in [-0.05, 0) is 52.9 Å². The zero-order valence-corrected chi connectivity index (χ0v) is 26.3. The Balaban J connectivity index is 1.83. The number of phenols is 2. The molecular weight excluding hydrogens is 582 g/mol. The first-order valence-electron chi connectivity index (χ1n) is 15.2. The summed E-state index contributed by atoms with van der Waals surface area (Å²) in [5.74, 6) is -2.23. The molecule has 1 fully saturated rings. The molecule has 0 bridgehead atoms. The third-order valence-electron chi connectivity index (χ3n) is 8.89. The summed E-state index contributed by atoms with van der Waals surface area (Å²) in [5, 5.41) is 65.8. The van der Waals surface area contributed by atoms with Crippen LogP contribution in [0.25, 0.3) is 0 Å². The van der Waals surface area contributed by atoms with Crippen molar-refractivity contribution in [2.24, 2.45) is 11.5 Å². The molecule has 0 aromatic heterocycles. The fourth-order valence-electron chi connectivity index (χ4n) is 6.03. The molecule has 13 heteroatoms. The van der Waals surface area contributed by atoms with Crippen LogP contribution in [0.2, 0.25) is 0 Å². The van der Waals surface area contributed by atoms with Crippen LogP contribution in [-0.2, 0) is 33.5 Å². The van der Waals surface area contributed by atoms with E-state index in [0.717, 1.165) is 37.1 Å². The lowest BCUT2D eigenvalue weighted by Crippen LogP contribution is -2.47. The third-order valence-corrected chi connectivity index (χ3v) is 8.89. The average Bonchev–Trinajstić information content (AvgIpc) is 3.04. The normalized spacial score (nSPS) is 16.3. The van der Waals surface area contributed by atoms with Crippen molar-refractivity contribution in [3.63, 3.8) is 0 Å². The summed E-state index contributed by atoms with van der Waals surface area (Å²) in [6.07, 6.45) is 1.59. The lowest BCUT2D eigenvalue weighted by molar-refractivity contribution is -0.127. The zero-order valence-electron chi connectivity index (χ0n) is 26.3. The second-order valence-corrected chi connectivity index (χ2v) is 12.2. The molecule has 1 aliphatic heterocycles. The highest BCUT2D eigenvalue weighted by Crippen LogP contribution is 2.37. The quantitative estimate of drug-likeness (QED) is 0.135. The van der Waals surface area contributed by atoms with Crippen molar-refractivity contribution in [2.75, 3.05) is 65.7 Å². The number of benzene rings is 2. The molecule has 3 rings (SSSR count). The van der Waals surface area contributed by atoms with Gasteiger partial charge < -0.3 is 47.4 Å². The number of primary amides is 2. The van der Waals surface area contributed by atoms with Crippen LogP contribution in [0.3, 0.4) is 0 Å². The molecule has 11 N–H and O–H groups in total. The highest BCUT2D eigenvalue weighted by Gasteiger charge is 2.42. The average molecular weight is 632 g/mol. The van der Waals surface area contributed by atoms with Gasteiger partial charge in [0.25, 0.3) is 0 Å². The van der Waals surface area contributed by atoms with E-state index in [1.807, 2.05) is 19.1 Å². The maximum atomic E-state index is 12.3. The summed E-state index contributed by atoms with van der Waals surface area (Å²) in [5.41, 5.74) is 10.3. The minimum atomic E-state index is -1.82. The van der Waals surface area contributed by atoms with Crippen molar-refractivity contribution in [3.05, 3.63) is 57.6 Å². The Hall–Kier alpha value is -3.30. The standard InChI is InChI=1S/C32H49N5O8/c1-21-11-23(27(42)25(13-21)31(17-38,18-39)29(33)44)15-36-7-3-5-35-6-10-37(9-4-8-36)16-24-12-22(2)14-26(28(24)43)32(19-40,20-41)30(34)45/h11-14,35,38-43H,3-10,15-20H2,1-2H3,(H2,33,44)(H2,34,45). The molecule has 2 amide bonds. The van der Waals surface area contributed by atoms with E-state index in [1.54, 1.807) is 19.1 Å². The van der Waals surface area contributed by atoms with E-state index in [0.29, 0.717) is 50.4 Å². The molecule has 0 atom stereocenters. The van der Waals surface area contributed by atoms with Gasteiger partial charge in [-0.25, -0.2) is 0 Å². The molecule has 1 saturated heterocycles. The second kappa shape index (κ2) is 15.8. The first kappa shape index (κ1) is 36.2. The molecule has 0 radical (unpaired) electrons. The summed E-state index contributed by atoms with van der Waals surface area (Å²) in [7, 11) is 0. The lowest BCUT2D eigenvalue weighted by atomic mass is 9.79. The molecule has 13 nitrogen and oxygen atoms in total. The minimum Gasteiger partial charge on any atom is -0.507 e. The molecule has 0 unspecified atom stereocenters. The van der Waals surface area contributed by atoms with Crippen molar-refractivity contribution in [3.8, 4) is 11.5 Å². The van der Waals surface area contributed by atoms with E-state index in [-0.39, 0.29) is 22.6 Å². The SMILES string of the molecule is Cc1cc(CN2CCCNCCN(Cc3cc(C)cc(C(CO)(CO)C(N)=O)c3O)CCC2)c(O)c(C(CO)(CO)C(N)=O)c1. The van der Waals surface area contributed by atoms with Crippen LogP contribution in [0.1, 0.15) is 46.2 Å². The number of nitrogens with two attached hydrogens (primary N) is 2. The Labute approximate surface area is 264 Å². The van der Waals surface area contributed by atoms with Gasteiger partial charge in [0, 0.05) is 48.4 Å². The summed E-state index contributed by atoms with van der Waals surface area (Å²) in [6, 6.07) is 6.75. The van der Waals surface area contributed by atoms with E-state index in [9.17, 15) is 40.2 Å². The second-order valence-electron chi connectivity index (χ2n) is 12.2. The van der Waals surface area contributed by atoms with E-state index in [4.69, 9.17) is 11.5 Å². The zero-order chi connectivity index (χ0) is 33.4. The highest BCUT2D eigenvalue weighted by molar-refractivity contribution is 5.89. The molecular formula is C32H49N5O8. The maximum absolute atomic E-state index is 12.3. The predicted octanol–water partition coefficient (Wildman–Crippen LogP) is -1.18. The monoisotopic (exact) mass is 631 g/mol. The lowest BCUT2D eigenvalue weighted by Gasteiger charge is -2.30. The van der Waals surface area contributed by atoms with Crippen molar-refractivity contribution in [1.29, 1.82) is 0 Å². The van der Waals surface area contributed by atoms with Crippen LogP contribution in [0.5, 0.6) is 11.5 Å². The number of nitrogens with zero attached hydrogens (tertiary/aromatic N) is 2. The first-order chi connectivity index (χ1) is 21.4. The highest BCUT2D eigenvalue weighted by atomic mass is 16.3. The summed E-state index contributed by atoms with van der Waals surface area (Å²) in [6.45, 7) is 5.55. The topological polar surface area (TPSA) is 226 Å².